The van der Waals surface area contributed by atoms with Gasteiger partial charge in [0.05, 0.1) is 11.2 Å². The second-order valence-electron chi connectivity index (χ2n) is 8.31. The van der Waals surface area contributed by atoms with Crippen molar-refractivity contribution in [1.29, 1.82) is 0 Å². The Kier molecular flexibility index (Phi) is 8.13. The molecule has 0 aliphatic carbocycles. The Morgan fingerprint density at radius 2 is 0.897 bits per heavy atom. The zero-order chi connectivity index (χ0) is 23.7. The first kappa shape index (κ1) is 28.2. The van der Waals surface area contributed by atoms with Gasteiger partial charge >= 0.3 is 29.8 Å². The van der Waals surface area contributed by atoms with Gasteiger partial charge in [-0.3, -0.25) is 0 Å². The Morgan fingerprint density at radius 3 is 1.28 bits per heavy atom. The molecular formula is C16H24F10O3. The van der Waals surface area contributed by atoms with E-state index in [4.69, 9.17) is 0 Å². The van der Waals surface area contributed by atoms with Crippen molar-refractivity contribution in [1.82, 2.24) is 0 Å². The predicted molar refractivity (Wildman–Crippen MR) is 82.1 cm³/mol. The third-order valence-corrected chi connectivity index (χ3v) is 3.03. The zero-order valence-corrected chi connectivity index (χ0v) is 16.6. The van der Waals surface area contributed by atoms with E-state index < -0.39 is 60.8 Å². The first-order valence-electron chi connectivity index (χ1n) is 8.18. The van der Waals surface area contributed by atoms with Crippen LogP contribution in [0.3, 0.4) is 0 Å². The Hall–Kier alpha value is -0.820. The average Bonchev–Trinajstić information content (AvgIpc) is 2.40. The molecule has 0 unspecified atom stereocenters. The predicted octanol–water partition coefficient (Wildman–Crippen LogP) is 5.77. The number of rotatable bonds is 10. The quantitative estimate of drug-likeness (QED) is 0.393. The van der Waals surface area contributed by atoms with Gasteiger partial charge in [-0.15, -0.1) is 0 Å². The molecule has 3 nitrogen and oxygen atoms in total. The summed E-state index contributed by atoms with van der Waals surface area (Å²) in [6.45, 7) is -0.680. The van der Waals surface area contributed by atoms with Crippen LogP contribution in [0.1, 0.15) is 41.5 Å². The average molecular weight is 454 g/mol. The van der Waals surface area contributed by atoms with Crippen molar-refractivity contribution in [3.05, 3.63) is 0 Å². The molecule has 0 aromatic carbocycles. The topological polar surface area (TPSA) is 27.7 Å². The summed E-state index contributed by atoms with van der Waals surface area (Å²) in [5.74, 6) is -22.4. The fourth-order valence-corrected chi connectivity index (χ4v) is 1.61. The minimum Gasteiger partial charge on any atom is -0.369 e. The van der Waals surface area contributed by atoms with Crippen molar-refractivity contribution in [2.45, 2.75) is 82.5 Å². The molecule has 0 bridgehead atoms. The van der Waals surface area contributed by atoms with Crippen LogP contribution in [0.2, 0.25) is 0 Å². The van der Waals surface area contributed by atoms with E-state index in [1.807, 2.05) is 0 Å². The minimum atomic E-state index is -6.08. The van der Waals surface area contributed by atoms with Gasteiger partial charge in [0.15, 0.2) is 0 Å². The summed E-state index contributed by atoms with van der Waals surface area (Å²) >= 11 is 0. The molecule has 0 saturated carbocycles. The van der Waals surface area contributed by atoms with Gasteiger partial charge in [-0.2, -0.15) is 43.9 Å². The lowest BCUT2D eigenvalue weighted by Gasteiger charge is -2.35. The lowest BCUT2D eigenvalue weighted by atomic mass is 10.1. The summed E-state index contributed by atoms with van der Waals surface area (Å²) in [5, 5.41) is 0. The lowest BCUT2D eigenvalue weighted by molar-refractivity contribution is -0.385. The van der Waals surface area contributed by atoms with E-state index >= 15 is 0 Å². The van der Waals surface area contributed by atoms with Gasteiger partial charge in [0.2, 0.25) is 0 Å². The summed E-state index contributed by atoms with van der Waals surface area (Å²) in [7, 11) is 0. The Morgan fingerprint density at radius 1 is 0.517 bits per heavy atom. The molecule has 0 heterocycles. The molecule has 0 aromatic rings. The van der Waals surface area contributed by atoms with Crippen LogP contribution >= 0.6 is 0 Å². The van der Waals surface area contributed by atoms with Crippen LogP contribution in [0, 0.1) is 0 Å². The summed E-state index contributed by atoms with van der Waals surface area (Å²) in [6, 6.07) is 0. The van der Waals surface area contributed by atoms with E-state index in [1.165, 1.54) is 20.8 Å². The highest BCUT2D eigenvalue weighted by atomic mass is 19.3. The lowest BCUT2D eigenvalue weighted by Crippen LogP contribution is -2.59. The molecule has 0 aliphatic heterocycles. The maximum atomic E-state index is 13.6. The van der Waals surface area contributed by atoms with Crippen LogP contribution in [-0.4, -0.2) is 60.8 Å². The number of ether oxygens (including phenoxy) is 3. The van der Waals surface area contributed by atoms with E-state index in [1.54, 1.807) is 0 Å². The van der Waals surface area contributed by atoms with E-state index in [0.29, 0.717) is 0 Å². The Bertz CT molecular complexity index is 536. The molecule has 29 heavy (non-hydrogen) atoms. The molecular weight excluding hydrogens is 430 g/mol. The second kappa shape index (κ2) is 8.37. The van der Waals surface area contributed by atoms with Crippen LogP contribution in [-0.2, 0) is 14.2 Å². The van der Waals surface area contributed by atoms with Crippen molar-refractivity contribution in [3.63, 3.8) is 0 Å². The van der Waals surface area contributed by atoms with E-state index in [9.17, 15) is 43.9 Å². The fraction of sp³-hybridized carbons (Fsp3) is 1.00. The van der Waals surface area contributed by atoms with E-state index in [2.05, 4.69) is 14.2 Å². The number of hydrogen-bond acceptors (Lipinski definition) is 3. The SMILES string of the molecule is CC(C)(C)OCC(F)(F)C(F)(F)C(F)(F)COCC(F)(F)C(F)(F)OC(C)(C)C. The highest BCUT2D eigenvalue weighted by molar-refractivity contribution is 4.97. The molecule has 176 valence electrons. The largest absolute Gasteiger partial charge is 0.422 e. The molecule has 0 saturated heterocycles. The normalized spacial score (nSPS) is 15.7. The molecule has 0 aromatic heterocycles. The molecule has 0 rings (SSSR count). The van der Waals surface area contributed by atoms with Gasteiger partial charge < -0.3 is 14.2 Å². The summed E-state index contributed by atoms with van der Waals surface area (Å²) in [5.41, 5.74) is -3.15. The molecule has 13 heteroatoms. The zero-order valence-electron chi connectivity index (χ0n) is 16.6. The van der Waals surface area contributed by atoms with Gasteiger partial charge in [0.1, 0.15) is 19.8 Å². The monoisotopic (exact) mass is 454 g/mol. The van der Waals surface area contributed by atoms with Crippen molar-refractivity contribution < 1.29 is 58.1 Å². The highest BCUT2D eigenvalue weighted by Crippen LogP contribution is 2.47. The molecule has 0 N–H and O–H groups in total. The van der Waals surface area contributed by atoms with Crippen LogP contribution in [0.4, 0.5) is 43.9 Å². The highest BCUT2D eigenvalue weighted by Gasteiger charge is 2.72. The summed E-state index contributed by atoms with van der Waals surface area (Å²) in [6.07, 6.45) is -5.20. The third-order valence-electron chi connectivity index (χ3n) is 3.03. The minimum absolute atomic E-state index is 0.994. The van der Waals surface area contributed by atoms with Crippen LogP contribution < -0.4 is 0 Å². The van der Waals surface area contributed by atoms with Gasteiger partial charge in [-0.25, -0.2) is 0 Å². The van der Waals surface area contributed by atoms with Crippen LogP contribution in [0.25, 0.3) is 0 Å². The van der Waals surface area contributed by atoms with Gasteiger partial charge in [0.25, 0.3) is 0 Å². The van der Waals surface area contributed by atoms with Crippen LogP contribution in [0.15, 0.2) is 0 Å². The van der Waals surface area contributed by atoms with Crippen molar-refractivity contribution >= 4 is 0 Å². The summed E-state index contributed by atoms with van der Waals surface area (Å²) in [4.78, 5) is 0. The maximum Gasteiger partial charge on any atom is 0.422 e. The number of alkyl halides is 10. The van der Waals surface area contributed by atoms with Gasteiger partial charge in [0, 0.05) is 0 Å². The number of hydrogen-bond donors (Lipinski definition) is 0. The molecule has 0 radical (unpaired) electrons. The third kappa shape index (κ3) is 7.74. The van der Waals surface area contributed by atoms with Crippen LogP contribution in [0.5, 0.6) is 0 Å². The number of halogens is 10. The molecule has 0 spiro atoms. The molecule has 0 amide bonds. The van der Waals surface area contributed by atoms with Crippen molar-refractivity contribution in [2.75, 3.05) is 19.8 Å². The standard InChI is InChI=1S/C16H24F10O3/c1-10(2,3)28-9-13(19,20)15(23,24)12(17,18)7-27-8-14(21,22)16(25,26)29-11(4,5)6/h7-9H2,1-6H3. The molecule has 0 aliphatic rings. The fourth-order valence-electron chi connectivity index (χ4n) is 1.61. The second-order valence-corrected chi connectivity index (χ2v) is 8.31. The first-order valence-corrected chi connectivity index (χ1v) is 8.18. The van der Waals surface area contributed by atoms with Gasteiger partial charge in [-0.05, 0) is 41.5 Å². The Balaban J connectivity index is 5.17. The Labute approximate surface area is 161 Å². The molecule has 0 fully saturated rings. The smallest absolute Gasteiger partial charge is 0.369 e. The van der Waals surface area contributed by atoms with E-state index in [0.717, 1.165) is 20.8 Å². The van der Waals surface area contributed by atoms with Crippen molar-refractivity contribution in [2.24, 2.45) is 0 Å². The first-order chi connectivity index (χ1) is 12.4. The van der Waals surface area contributed by atoms with Gasteiger partial charge in [-0.1, -0.05) is 0 Å². The summed E-state index contributed by atoms with van der Waals surface area (Å²) < 4.78 is 147. The molecule has 0 atom stereocenters. The van der Waals surface area contributed by atoms with Crippen molar-refractivity contribution in [3.8, 4) is 0 Å². The van der Waals surface area contributed by atoms with E-state index in [-0.39, 0.29) is 0 Å². The maximum absolute atomic E-state index is 13.6.